The second kappa shape index (κ2) is 15.3. The van der Waals surface area contributed by atoms with Gasteiger partial charge in [0.05, 0.1) is 35.4 Å². The maximum absolute atomic E-state index is 11.4. The molecule has 2 aliphatic rings. The Morgan fingerprint density at radius 3 is 2.71 bits per heavy atom. The summed E-state index contributed by atoms with van der Waals surface area (Å²) >= 11 is 6.55. The number of aromatic nitrogens is 2. The monoisotopic (exact) mass is 584 g/mol. The first kappa shape index (κ1) is 31.0. The van der Waals surface area contributed by atoms with Gasteiger partial charge in [-0.05, 0) is 70.6 Å². The van der Waals surface area contributed by atoms with Crippen molar-refractivity contribution >= 4 is 29.2 Å². The average Bonchev–Trinajstić information content (AvgIpc) is 2.99. The molecule has 0 bridgehead atoms. The van der Waals surface area contributed by atoms with E-state index in [-0.39, 0.29) is 18.6 Å². The average molecular weight is 585 g/mol. The fraction of sp³-hybridized carbons (Fsp3) is 0.600. The maximum Gasteiger partial charge on any atom is 0.332 e. The zero-order valence-corrected chi connectivity index (χ0v) is 24.7. The van der Waals surface area contributed by atoms with Gasteiger partial charge >= 0.3 is 5.97 Å². The molecule has 0 spiro atoms. The van der Waals surface area contributed by atoms with Gasteiger partial charge in [0.1, 0.15) is 18.2 Å². The second-order valence-corrected chi connectivity index (χ2v) is 11.3. The number of esters is 1. The molecule has 0 aromatic carbocycles. The lowest BCUT2D eigenvalue weighted by Gasteiger charge is -2.32. The van der Waals surface area contributed by atoms with E-state index >= 15 is 0 Å². The lowest BCUT2D eigenvalue weighted by Crippen LogP contribution is -2.43. The number of hydrogen-bond donors (Lipinski definition) is 3. The van der Waals surface area contributed by atoms with E-state index in [0.29, 0.717) is 68.7 Å². The molecule has 222 valence electrons. The van der Waals surface area contributed by atoms with Gasteiger partial charge in [0.15, 0.2) is 0 Å². The molecular weight excluding hydrogens is 544 g/mol. The molecule has 0 amide bonds. The van der Waals surface area contributed by atoms with Crippen molar-refractivity contribution in [1.82, 2.24) is 15.3 Å². The van der Waals surface area contributed by atoms with Crippen LogP contribution in [0.5, 0.6) is 0 Å². The minimum Gasteiger partial charge on any atom is -0.464 e. The van der Waals surface area contributed by atoms with Crippen molar-refractivity contribution in [2.45, 2.75) is 70.5 Å². The van der Waals surface area contributed by atoms with Gasteiger partial charge < -0.3 is 30.2 Å². The van der Waals surface area contributed by atoms with Crippen molar-refractivity contribution in [3.63, 3.8) is 0 Å². The molecule has 41 heavy (non-hydrogen) atoms. The molecule has 1 saturated carbocycles. The SMILES string of the molecule is CCOC(=O)COCC(C)N[C@H]1CC[C@H](Nc2cc(-c3cccc(NCC4(C#N)CCOCC4)n3)c(Cl)cn2)CC1. The molecule has 1 aliphatic carbocycles. The number of ether oxygens (including phenoxy) is 3. The van der Waals surface area contributed by atoms with E-state index < -0.39 is 5.41 Å². The predicted molar refractivity (Wildman–Crippen MR) is 159 cm³/mol. The predicted octanol–water partition coefficient (Wildman–Crippen LogP) is 4.81. The number of hydrogen-bond acceptors (Lipinski definition) is 10. The first-order chi connectivity index (χ1) is 19.9. The van der Waals surface area contributed by atoms with Crippen LogP contribution in [0.4, 0.5) is 11.6 Å². The molecule has 11 heteroatoms. The van der Waals surface area contributed by atoms with Gasteiger partial charge in [-0.1, -0.05) is 17.7 Å². The maximum atomic E-state index is 11.4. The first-order valence-corrected chi connectivity index (χ1v) is 14.9. The minimum atomic E-state index is -0.439. The number of nitriles is 1. The molecular formula is C30H41ClN6O4. The van der Waals surface area contributed by atoms with Crippen LogP contribution in [-0.4, -0.2) is 73.6 Å². The van der Waals surface area contributed by atoms with Crippen LogP contribution in [0.25, 0.3) is 11.3 Å². The van der Waals surface area contributed by atoms with Gasteiger partial charge in [0.25, 0.3) is 0 Å². The van der Waals surface area contributed by atoms with Crippen LogP contribution in [0.3, 0.4) is 0 Å². The van der Waals surface area contributed by atoms with Crippen molar-refractivity contribution in [2.75, 3.05) is 50.2 Å². The Morgan fingerprint density at radius 2 is 1.98 bits per heavy atom. The Balaban J connectivity index is 1.28. The molecule has 1 unspecified atom stereocenters. The highest BCUT2D eigenvalue weighted by Gasteiger charge is 2.32. The zero-order chi connectivity index (χ0) is 29.1. The van der Waals surface area contributed by atoms with E-state index in [2.05, 4.69) is 33.9 Å². The smallest absolute Gasteiger partial charge is 0.332 e. The second-order valence-electron chi connectivity index (χ2n) is 10.9. The summed E-state index contributed by atoms with van der Waals surface area (Å²) in [5.41, 5.74) is 1.11. The summed E-state index contributed by atoms with van der Waals surface area (Å²) in [6.45, 7) is 6.41. The molecule has 1 saturated heterocycles. The Morgan fingerprint density at radius 1 is 1.22 bits per heavy atom. The highest BCUT2D eigenvalue weighted by Crippen LogP contribution is 2.32. The number of carbonyl (C=O) groups is 1. The summed E-state index contributed by atoms with van der Waals surface area (Å²) in [4.78, 5) is 20.7. The van der Waals surface area contributed by atoms with Gasteiger partial charge in [-0.2, -0.15) is 5.26 Å². The van der Waals surface area contributed by atoms with Crippen LogP contribution in [0.15, 0.2) is 30.5 Å². The molecule has 2 aromatic rings. The van der Waals surface area contributed by atoms with Crippen molar-refractivity contribution < 1.29 is 19.0 Å². The van der Waals surface area contributed by atoms with E-state index in [9.17, 15) is 10.1 Å². The molecule has 4 rings (SSSR count). The van der Waals surface area contributed by atoms with Gasteiger partial charge in [-0.3, -0.25) is 0 Å². The third-order valence-corrected chi connectivity index (χ3v) is 7.97. The number of anilines is 2. The van der Waals surface area contributed by atoms with Gasteiger partial charge in [0, 0.05) is 49.6 Å². The molecule has 2 fully saturated rings. The van der Waals surface area contributed by atoms with Gasteiger partial charge in [-0.15, -0.1) is 0 Å². The van der Waals surface area contributed by atoms with E-state index in [1.165, 1.54) is 0 Å². The third kappa shape index (κ3) is 9.27. The van der Waals surface area contributed by atoms with Gasteiger partial charge in [0.2, 0.25) is 0 Å². The van der Waals surface area contributed by atoms with Crippen LogP contribution in [0.1, 0.15) is 52.4 Å². The Labute approximate surface area is 247 Å². The van der Waals surface area contributed by atoms with Crippen LogP contribution in [0.2, 0.25) is 5.02 Å². The van der Waals surface area contributed by atoms with Crippen LogP contribution in [0, 0.1) is 16.7 Å². The Bertz CT molecular complexity index is 1180. The normalized spacial score (nSPS) is 20.9. The van der Waals surface area contributed by atoms with E-state index in [0.717, 1.165) is 42.8 Å². The van der Waals surface area contributed by atoms with Crippen LogP contribution in [-0.2, 0) is 19.0 Å². The fourth-order valence-corrected chi connectivity index (χ4v) is 5.53. The van der Waals surface area contributed by atoms with E-state index in [4.69, 9.17) is 30.8 Å². The van der Waals surface area contributed by atoms with Gasteiger partial charge in [-0.25, -0.2) is 14.8 Å². The summed E-state index contributed by atoms with van der Waals surface area (Å²) in [5, 5.41) is 20.8. The number of carbonyl (C=O) groups excluding carboxylic acids is 1. The molecule has 3 N–H and O–H groups in total. The number of pyridine rings is 2. The van der Waals surface area contributed by atoms with Crippen molar-refractivity contribution in [1.29, 1.82) is 5.26 Å². The van der Waals surface area contributed by atoms with Crippen LogP contribution < -0.4 is 16.0 Å². The van der Waals surface area contributed by atoms with Crippen molar-refractivity contribution in [2.24, 2.45) is 5.41 Å². The molecule has 1 atom stereocenters. The lowest BCUT2D eigenvalue weighted by atomic mass is 9.82. The number of nitrogens with zero attached hydrogens (tertiary/aromatic N) is 3. The zero-order valence-electron chi connectivity index (χ0n) is 24.0. The topological polar surface area (TPSA) is 130 Å². The number of nitrogens with one attached hydrogen (secondary N) is 3. The summed E-state index contributed by atoms with van der Waals surface area (Å²) in [5.74, 6) is 1.15. The molecule has 10 nitrogen and oxygen atoms in total. The quantitative estimate of drug-likeness (QED) is 0.282. The third-order valence-electron chi connectivity index (χ3n) is 7.67. The summed E-state index contributed by atoms with van der Waals surface area (Å²) in [6, 6.07) is 11.1. The van der Waals surface area contributed by atoms with Crippen molar-refractivity contribution in [3.8, 4) is 17.3 Å². The summed E-state index contributed by atoms with van der Waals surface area (Å²) in [7, 11) is 0. The molecule has 2 aromatic heterocycles. The highest BCUT2D eigenvalue weighted by atomic mass is 35.5. The summed E-state index contributed by atoms with van der Waals surface area (Å²) in [6.07, 6.45) is 7.18. The number of halogens is 1. The Hall–Kier alpha value is -2.97. The summed E-state index contributed by atoms with van der Waals surface area (Å²) < 4.78 is 15.8. The molecule has 0 radical (unpaired) electrons. The number of rotatable bonds is 13. The molecule has 3 heterocycles. The largest absolute Gasteiger partial charge is 0.464 e. The fourth-order valence-electron chi connectivity index (χ4n) is 5.33. The standard InChI is InChI=1S/C30H41ClN6O4/c1-3-41-29(38)18-40-17-21(2)35-22-7-9-23(10-8-22)36-28-15-24(25(31)16-33-28)26-5-4-6-27(37-26)34-20-30(19-32)11-13-39-14-12-30/h4-6,15-16,21-23,35H,3,7-14,17-18,20H2,1-2H3,(H,33,36)(H,34,37)/t21?,22-,23-. The molecule has 1 aliphatic heterocycles. The minimum absolute atomic E-state index is 0.0132. The lowest BCUT2D eigenvalue weighted by molar-refractivity contribution is -0.148. The highest BCUT2D eigenvalue weighted by molar-refractivity contribution is 6.33. The van der Waals surface area contributed by atoms with Crippen LogP contribution >= 0.6 is 11.6 Å². The van der Waals surface area contributed by atoms with E-state index in [1.54, 1.807) is 13.1 Å². The van der Waals surface area contributed by atoms with Crippen molar-refractivity contribution in [3.05, 3.63) is 35.5 Å². The first-order valence-electron chi connectivity index (χ1n) is 14.5. The Kier molecular flexibility index (Phi) is 11.6. The van der Waals surface area contributed by atoms with E-state index in [1.807, 2.05) is 24.3 Å².